The van der Waals surface area contributed by atoms with Crippen LogP contribution in [0.3, 0.4) is 0 Å². The standard InChI is InChI=1S/C14H22O/c1-11-8-12(6-7-14(2,3)4)10-13(9-11)15-5/h8-10H,6-7H2,1-5H3. The summed E-state index contributed by atoms with van der Waals surface area (Å²) in [6, 6.07) is 6.45. The highest BCUT2D eigenvalue weighted by atomic mass is 16.5. The van der Waals surface area contributed by atoms with Crippen LogP contribution in [0.1, 0.15) is 38.3 Å². The van der Waals surface area contributed by atoms with Crippen LogP contribution >= 0.6 is 0 Å². The SMILES string of the molecule is COc1cc(C)cc(CCC(C)(C)C)c1. The van der Waals surface area contributed by atoms with E-state index in [1.165, 1.54) is 17.5 Å². The summed E-state index contributed by atoms with van der Waals surface area (Å²) in [6.07, 6.45) is 2.33. The zero-order valence-electron chi connectivity index (χ0n) is 10.6. The number of ether oxygens (including phenoxy) is 1. The van der Waals surface area contributed by atoms with Crippen LogP contribution < -0.4 is 4.74 Å². The summed E-state index contributed by atoms with van der Waals surface area (Å²) in [5, 5.41) is 0. The summed E-state index contributed by atoms with van der Waals surface area (Å²) in [4.78, 5) is 0. The highest BCUT2D eigenvalue weighted by molar-refractivity contribution is 5.33. The molecule has 1 rings (SSSR count). The summed E-state index contributed by atoms with van der Waals surface area (Å²) in [7, 11) is 1.72. The van der Waals surface area contributed by atoms with Gasteiger partial charge in [-0.2, -0.15) is 0 Å². The topological polar surface area (TPSA) is 9.23 Å². The van der Waals surface area contributed by atoms with Crippen molar-refractivity contribution in [3.63, 3.8) is 0 Å². The molecular weight excluding hydrogens is 184 g/mol. The lowest BCUT2D eigenvalue weighted by Gasteiger charge is -2.18. The van der Waals surface area contributed by atoms with Gasteiger partial charge < -0.3 is 4.74 Å². The Balaban J connectivity index is 2.73. The van der Waals surface area contributed by atoms with Gasteiger partial charge in [-0.1, -0.05) is 26.8 Å². The third-order valence-electron chi connectivity index (χ3n) is 2.51. The molecule has 0 spiro atoms. The molecule has 1 heteroatoms. The van der Waals surface area contributed by atoms with Crippen molar-refractivity contribution in [2.24, 2.45) is 5.41 Å². The van der Waals surface area contributed by atoms with Gasteiger partial charge >= 0.3 is 0 Å². The van der Waals surface area contributed by atoms with Crippen molar-refractivity contribution in [1.29, 1.82) is 0 Å². The summed E-state index contributed by atoms with van der Waals surface area (Å²) in [5.74, 6) is 0.971. The minimum atomic E-state index is 0.400. The van der Waals surface area contributed by atoms with Gasteiger partial charge in [-0.15, -0.1) is 0 Å². The zero-order chi connectivity index (χ0) is 11.5. The molecule has 0 saturated carbocycles. The van der Waals surface area contributed by atoms with Crippen LogP contribution in [0.2, 0.25) is 0 Å². The molecule has 1 aromatic rings. The Morgan fingerprint density at radius 1 is 1.13 bits per heavy atom. The Morgan fingerprint density at radius 2 is 1.80 bits per heavy atom. The molecule has 15 heavy (non-hydrogen) atoms. The van der Waals surface area contributed by atoms with Crippen molar-refractivity contribution < 1.29 is 4.74 Å². The van der Waals surface area contributed by atoms with Crippen LogP contribution in [-0.4, -0.2) is 7.11 Å². The lowest BCUT2D eigenvalue weighted by molar-refractivity contribution is 0.377. The van der Waals surface area contributed by atoms with E-state index >= 15 is 0 Å². The molecule has 0 aliphatic carbocycles. The van der Waals surface area contributed by atoms with E-state index < -0.39 is 0 Å². The van der Waals surface area contributed by atoms with E-state index in [0.29, 0.717) is 5.41 Å². The summed E-state index contributed by atoms with van der Waals surface area (Å²) in [6.45, 7) is 8.95. The van der Waals surface area contributed by atoms with Gasteiger partial charge in [0.1, 0.15) is 5.75 Å². The van der Waals surface area contributed by atoms with Crippen LogP contribution in [0, 0.1) is 12.3 Å². The third-order valence-corrected chi connectivity index (χ3v) is 2.51. The van der Waals surface area contributed by atoms with Crippen molar-refractivity contribution in [2.75, 3.05) is 7.11 Å². The normalized spacial score (nSPS) is 11.5. The van der Waals surface area contributed by atoms with Gasteiger partial charge in [0.25, 0.3) is 0 Å². The maximum absolute atomic E-state index is 5.27. The Bertz CT molecular complexity index is 321. The maximum Gasteiger partial charge on any atom is 0.119 e. The van der Waals surface area contributed by atoms with E-state index in [9.17, 15) is 0 Å². The molecule has 0 bridgehead atoms. The molecule has 1 nitrogen and oxygen atoms in total. The molecule has 0 N–H and O–H groups in total. The van der Waals surface area contributed by atoms with Gasteiger partial charge in [0.05, 0.1) is 7.11 Å². The fraction of sp³-hybridized carbons (Fsp3) is 0.571. The molecule has 0 aliphatic heterocycles. The molecule has 0 fully saturated rings. The third kappa shape index (κ3) is 4.37. The highest BCUT2D eigenvalue weighted by Gasteiger charge is 2.10. The van der Waals surface area contributed by atoms with Crippen molar-refractivity contribution in [1.82, 2.24) is 0 Å². The highest BCUT2D eigenvalue weighted by Crippen LogP contribution is 2.24. The Morgan fingerprint density at radius 3 is 2.33 bits per heavy atom. The molecule has 0 heterocycles. The Hall–Kier alpha value is -0.980. The number of hydrogen-bond donors (Lipinski definition) is 0. The first-order chi connectivity index (χ1) is 6.90. The van der Waals surface area contributed by atoms with Crippen LogP contribution in [0.4, 0.5) is 0 Å². The Kier molecular flexibility index (Phi) is 3.78. The summed E-state index contributed by atoms with van der Waals surface area (Å²) < 4.78 is 5.27. The molecule has 0 amide bonds. The van der Waals surface area contributed by atoms with Gasteiger partial charge in [0, 0.05) is 0 Å². The minimum absolute atomic E-state index is 0.400. The monoisotopic (exact) mass is 206 g/mol. The lowest BCUT2D eigenvalue weighted by Crippen LogP contribution is -2.06. The second-order valence-corrected chi connectivity index (χ2v) is 5.42. The molecular formula is C14H22O. The molecule has 1 aromatic carbocycles. The average Bonchev–Trinajstić information content (AvgIpc) is 2.13. The van der Waals surface area contributed by atoms with E-state index in [4.69, 9.17) is 4.74 Å². The molecule has 0 radical (unpaired) electrons. The first-order valence-corrected chi connectivity index (χ1v) is 5.55. The van der Waals surface area contributed by atoms with E-state index in [2.05, 4.69) is 45.9 Å². The zero-order valence-corrected chi connectivity index (χ0v) is 10.6. The maximum atomic E-state index is 5.27. The number of hydrogen-bond acceptors (Lipinski definition) is 1. The molecule has 0 saturated heterocycles. The van der Waals surface area contributed by atoms with Gasteiger partial charge in [0.2, 0.25) is 0 Å². The average molecular weight is 206 g/mol. The second-order valence-electron chi connectivity index (χ2n) is 5.42. The molecule has 0 unspecified atom stereocenters. The minimum Gasteiger partial charge on any atom is -0.497 e. The first-order valence-electron chi connectivity index (χ1n) is 5.55. The van der Waals surface area contributed by atoms with E-state index in [-0.39, 0.29) is 0 Å². The first kappa shape index (κ1) is 12.1. The van der Waals surface area contributed by atoms with Gasteiger partial charge in [-0.05, 0) is 48.4 Å². The van der Waals surface area contributed by atoms with Crippen LogP contribution in [0.5, 0.6) is 5.75 Å². The van der Waals surface area contributed by atoms with Crippen LogP contribution in [0.25, 0.3) is 0 Å². The van der Waals surface area contributed by atoms with Gasteiger partial charge in [-0.3, -0.25) is 0 Å². The van der Waals surface area contributed by atoms with Crippen LogP contribution in [-0.2, 0) is 6.42 Å². The summed E-state index contributed by atoms with van der Waals surface area (Å²) in [5.41, 5.74) is 3.05. The largest absolute Gasteiger partial charge is 0.497 e. The van der Waals surface area contributed by atoms with Gasteiger partial charge in [-0.25, -0.2) is 0 Å². The molecule has 84 valence electrons. The number of methoxy groups -OCH3 is 1. The van der Waals surface area contributed by atoms with Crippen LogP contribution in [0.15, 0.2) is 18.2 Å². The summed E-state index contributed by atoms with van der Waals surface area (Å²) >= 11 is 0. The van der Waals surface area contributed by atoms with E-state index in [0.717, 1.165) is 12.2 Å². The van der Waals surface area contributed by atoms with Crippen molar-refractivity contribution in [2.45, 2.75) is 40.5 Å². The number of aryl methyl sites for hydroxylation is 2. The quantitative estimate of drug-likeness (QED) is 0.726. The molecule has 0 atom stereocenters. The van der Waals surface area contributed by atoms with E-state index in [1.807, 2.05) is 0 Å². The lowest BCUT2D eigenvalue weighted by atomic mass is 9.88. The molecule has 0 aromatic heterocycles. The van der Waals surface area contributed by atoms with Crippen molar-refractivity contribution >= 4 is 0 Å². The number of rotatable bonds is 3. The van der Waals surface area contributed by atoms with Crippen molar-refractivity contribution in [3.05, 3.63) is 29.3 Å². The smallest absolute Gasteiger partial charge is 0.119 e. The molecule has 0 aliphatic rings. The fourth-order valence-corrected chi connectivity index (χ4v) is 1.61. The predicted molar refractivity (Wildman–Crippen MR) is 65.5 cm³/mol. The Labute approximate surface area is 93.5 Å². The second kappa shape index (κ2) is 4.69. The predicted octanol–water partition coefficient (Wildman–Crippen LogP) is 3.98. The van der Waals surface area contributed by atoms with Crippen molar-refractivity contribution in [3.8, 4) is 5.75 Å². The number of benzene rings is 1. The fourth-order valence-electron chi connectivity index (χ4n) is 1.61. The van der Waals surface area contributed by atoms with Gasteiger partial charge in [0.15, 0.2) is 0 Å². The van der Waals surface area contributed by atoms with E-state index in [1.54, 1.807) is 7.11 Å².